The molecule has 0 N–H and O–H groups in total. The molecule has 0 bridgehead atoms. The maximum Gasteiger partial charge on any atom is 0.215 e. The van der Waals surface area contributed by atoms with E-state index in [-0.39, 0.29) is 5.78 Å². The highest BCUT2D eigenvalue weighted by atomic mass is 35.5. The van der Waals surface area contributed by atoms with Crippen molar-refractivity contribution in [1.29, 1.82) is 0 Å². The van der Waals surface area contributed by atoms with Crippen molar-refractivity contribution >= 4 is 29.6 Å². The van der Waals surface area contributed by atoms with Crippen LogP contribution in [0.3, 0.4) is 0 Å². The largest absolute Gasteiger partial charge is 0.457 e. The van der Waals surface area contributed by atoms with Gasteiger partial charge in [0.05, 0.1) is 0 Å². The standard InChI is InChI=1S/C18H17ClN2O3/c1-13(23)17(19)20-18(21(2)12-22)14-8-10-16(11-9-14)24-15-6-4-3-5-7-15/h3-12,17H,1-2H3. The Hall–Kier alpha value is -2.66. The summed E-state index contributed by atoms with van der Waals surface area (Å²) in [6.45, 7) is 1.34. The third-order valence-corrected chi connectivity index (χ3v) is 3.56. The van der Waals surface area contributed by atoms with E-state index in [1.54, 1.807) is 31.3 Å². The molecule has 0 heterocycles. The molecule has 1 amide bonds. The van der Waals surface area contributed by atoms with Gasteiger partial charge in [0.15, 0.2) is 11.3 Å². The molecule has 6 heteroatoms. The monoisotopic (exact) mass is 344 g/mol. The van der Waals surface area contributed by atoms with E-state index in [4.69, 9.17) is 16.3 Å². The molecule has 0 saturated carbocycles. The summed E-state index contributed by atoms with van der Waals surface area (Å²) in [6.07, 6.45) is 0.608. The summed E-state index contributed by atoms with van der Waals surface area (Å²) in [5.74, 6) is 1.39. The molecule has 0 aromatic heterocycles. The first-order valence-corrected chi connectivity index (χ1v) is 7.68. The second-order valence-corrected chi connectivity index (χ2v) is 5.47. The Morgan fingerprint density at radius 3 is 2.25 bits per heavy atom. The lowest BCUT2D eigenvalue weighted by Crippen LogP contribution is -2.28. The number of rotatable bonds is 6. The number of hydrogen-bond acceptors (Lipinski definition) is 4. The molecule has 0 aliphatic rings. The van der Waals surface area contributed by atoms with Gasteiger partial charge in [-0.3, -0.25) is 9.59 Å². The molecule has 5 nitrogen and oxygen atoms in total. The van der Waals surface area contributed by atoms with Crippen LogP contribution in [0.5, 0.6) is 11.5 Å². The van der Waals surface area contributed by atoms with E-state index < -0.39 is 5.50 Å². The summed E-state index contributed by atoms with van der Waals surface area (Å²) in [7, 11) is 1.55. The summed E-state index contributed by atoms with van der Waals surface area (Å²) < 4.78 is 5.72. The first-order chi connectivity index (χ1) is 11.5. The fourth-order valence-electron chi connectivity index (χ4n) is 1.91. The molecule has 0 fully saturated rings. The van der Waals surface area contributed by atoms with E-state index >= 15 is 0 Å². The lowest BCUT2D eigenvalue weighted by molar-refractivity contribution is -0.117. The summed E-state index contributed by atoms with van der Waals surface area (Å²) in [5, 5.41) is 0. The number of carbonyl (C=O) groups is 2. The van der Waals surface area contributed by atoms with Crippen molar-refractivity contribution in [3.05, 3.63) is 60.2 Å². The minimum atomic E-state index is -1.04. The highest BCUT2D eigenvalue weighted by Gasteiger charge is 2.15. The van der Waals surface area contributed by atoms with Gasteiger partial charge in [-0.1, -0.05) is 29.8 Å². The number of Topliss-reactive ketones (excluding diaryl/α,β-unsaturated/α-hetero) is 1. The number of benzene rings is 2. The van der Waals surface area contributed by atoms with Crippen molar-refractivity contribution in [3.63, 3.8) is 0 Å². The molecule has 1 atom stereocenters. The smallest absolute Gasteiger partial charge is 0.215 e. The lowest BCUT2D eigenvalue weighted by atomic mass is 10.2. The van der Waals surface area contributed by atoms with E-state index in [1.165, 1.54) is 11.8 Å². The van der Waals surface area contributed by atoms with Crippen molar-refractivity contribution in [2.75, 3.05) is 7.05 Å². The zero-order valence-electron chi connectivity index (χ0n) is 13.3. The Balaban J connectivity index is 2.25. The fraction of sp³-hybridized carbons (Fsp3) is 0.167. The number of aliphatic imine (C=N–C) groups is 1. The first-order valence-electron chi connectivity index (χ1n) is 7.25. The van der Waals surface area contributed by atoms with Crippen molar-refractivity contribution in [2.45, 2.75) is 12.4 Å². The number of halogens is 1. The predicted molar refractivity (Wildman–Crippen MR) is 93.6 cm³/mol. The van der Waals surface area contributed by atoms with Crippen LogP contribution >= 0.6 is 11.6 Å². The number of amides is 1. The quantitative estimate of drug-likeness (QED) is 0.265. The minimum Gasteiger partial charge on any atom is -0.457 e. The third-order valence-electron chi connectivity index (χ3n) is 3.15. The molecular weight excluding hydrogens is 328 g/mol. The number of alkyl halides is 1. The molecule has 124 valence electrons. The van der Waals surface area contributed by atoms with Gasteiger partial charge in [0, 0.05) is 12.6 Å². The maximum absolute atomic E-state index is 11.3. The van der Waals surface area contributed by atoms with Crippen LogP contribution in [-0.2, 0) is 9.59 Å². The third kappa shape index (κ3) is 4.67. The number of ether oxygens (including phenoxy) is 1. The molecule has 0 radical (unpaired) electrons. The van der Waals surface area contributed by atoms with Crippen LogP contribution in [0.25, 0.3) is 0 Å². The van der Waals surface area contributed by atoms with Crippen molar-refractivity contribution in [2.24, 2.45) is 4.99 Å². The van der Waals surface area contributed by atoms with Gasteiger partial charge < -0.3 is 9.64 Å². The van der Waals surface area contributed by atoms with E-state index in [0.29, 0.717) is 23.6 Å². The second-order valence-electron chi connectivity index (χ2n) is 5.05. The van der Waals surface area contributed by atoms with Crippen LogP contribution in [0.4, 0.5) is 0 Å². The Bertz CT molecular complexity index is 730. The van der Waals surface area contributed by atoms with Crippen molar-refractivity contribution in [1.82, 2.24) is 4.90 Å². The second kappa shape index (κ2) is 8.26. The number of ketones is 1. The highest BCUT2D eigenvalue weighted by Crippen LogP contribution is 2.21. The van der Waals surface area contributed by atoms with Crippen LogP contribution in [0.2, 0.25) is 0 Å². The molecule has 2 aromatic rings. The van der Waals surface area contributed by atoms with Gasteiger partial charge in [-0.15, -0.1) is 0 Å². The summed E-state index contributed by atoms with van der Waals surface area (Å²) >= 11 is 5.90. The number of carbonyl (C=O) groups excluding carboxylic acids is 2. The van der Waals surface area contributed by atoms with E-state index in [2.05, 4.69) is 4.99 Å². The minimum absolute atomic E-state index is 0.294. The van der Waals surface area contributed by atoms with Gasteiger partial charge in [-0.2, -0.15) is 0 Å². The Labute approximate surface area is 145 Å². The average molecular weight is 345 g/mol. The van der Waals surface area contributed by atoms with Gasteiger partial charge in [-0.25, -0.2) is 4.99 Å². The highest BCUT2D eigenvalue weighted by molar-refractivity contribution is 6.31. The van der Waals surface area contributed by atoms with Gasteiger partial charge in [0.2, 0.25) is 6.41 Å². The average Bonchev–Trinajstić information content (AvgIpc) is 2.60. The van der Waals surface area contributed by atoms with Crippen molar-refractivity contribution < 1.29 is 14.3 Å². The number of nitrogens with zero attached hydrogens (tertiary/aromatic N) is 2. The van der Waals surface area contributed by atoms with Crippen LogP contribution in [-0.4, -0.2) is 35.5 Å². The van der Waals surface area contributed by atoms with Crippen molar-refractivity contribution in [3.8, 4) is 11.5 Å². The summed E-state index contributed by atoms with van der Waals surface area (Å²) in [4.78, 5) is 27.8. The lowest BCUT2D eigenvalue weighted by Gasteiger charge is -2.16. The fourth-order valence-corrected chi connectivity index (χ4v) is 2.01. The normalized spacial score (nSPS) is 12.4. The molecular formula is C18H17ClN2O3. The summed E-state index contributed by atoms with van der Waals surface area (Å²) in [6, 6.07) is 16.4. The first kappa shape index (κ1) is 17.7. The Morgan fingerprint density at radius 1 is 1.12 bits per heavy atom. The number of hydrogen-bond donors (Lipinski definition) is 0. The topological polar surface area (TPSA) is 59.0 Å². The number of amidine groups is 1. The zero-order chi connectivity index (χ0) is 17.5. The van der Waals surface area contributed by atoms with E-state index in [1.807, 2.05) is 30.3 Å². The van der Waals surface area contributed by atoms with E-state index in [0.717, 1.165) is 5.75 Å². The van der Waals surface area contributed by atoms with Crippen LogP contribution in [0.15, 0.2) is 59.6 Å². The number of para-hydroxylation sites is 1. The molecule has 0 aliphatic heterocycles. The van der Waals surface area contributed by atoms with Crippen LogP contribution < -0.4 is 4.74 Å². The van der Waals surface area contributed by atoms with Gasteiger partial charge in [0.1, 0.15) is 17.3 Å². The summed E-state index contributed by atoms with van der Waals surface area (Å²) in [5.41, 5.74) is -0.389. The van der Waals surface area contributed by atoms with Gasteiger partial charge in [-0.05, 0) is 43.3 Å². The van der Waals surface area contributed by atoms with E-state index in [9.17, 15) is 9.59 Å². The molecule has 2 aromatic carbocycles. The van der Waals surface area contributed by atoms with Crippen LogP contribution in [0, 0.1) is 0 Å². The SMILES string of the molecule is CC(=O)C(Cl)N=C(c1ccc(Oc2ccccc2)cc1)N(C)C=O. The zero-order valence-corrected chi connectivity index (χ0v) is 14.1. The maximum atomic E-state index is 11.3. The predicted octanol–water partition coefficient (Wildman–Crippen LogP) is 3.47. The molecule has 2 rings (SSSR count). The van der Waals surface area contributed by atoms with Crippen LogP contribution in [0.1, 0.15) is 12.5 Å². The molecule has 0 spiro atoms. The molecule has 24 heavy (non-hydrogen) atoms. The Kier molecular flexibility index (Phi) is 6.09. The van der Waals surface area contributed by atoms with Gasteiger partial charge >= 0.3 is 0 Å². The molecule has 0 aliphatic carbocycles. The molecule has 0 saturated heterocycles. The molecule has 1 unspecified atom stereocenters. The van der Waals surface area contributed by atoms with Gasteiger partial charge in [0.25, 0.3) is 0 Å². The Morgan fingerprint density at radius 2 is 1.71 bits per heavy atom.